The zero-order valence-corrected chi connectivity index (χ0v) is 30.6. The summed E-state index contributed by atoms with van der Waals surface area (Å²) in [6.45, 7) is 37.3. The predicted octanol–water partition coefficient (Wildman–Crippen LogP) is 7.91. The van der Waals surface area contributed by atoms with Crippen LogP contribution in [0.15, 0.2) is 24.5 Å². The number of likely N-dealkylation sites (tertiary alicyclic amines) is 2. The highest BCUT2D eigenvalue weighted by Crippen LogP contribution is 2.21. The summed E-state index contributed by atoms with van der Waals surface area (Å²) in [5.41, 5.74) is 9.65. The summed E-state index contributed by atoms with van der Waals surface area (Å²) >= 11 is 0. The van der Waals surface area contributed by atoms with Gasteiger partial charge in [0, 0.05) is 73.0 Å². The average Bonchev–Trinajstić information content (AvgIpc) is 3.53. The third-order valence-corrected chi connectivity index (χ3v) is 7.75. The second-order valence-electron chi connectivity index (χ2n) is 16.8. The van der Waals surface area contributed by atoms with Gasteiger partial charge in [0.2, 0.25) is 0 Å². The maximum absolute atomic E-state index is 5.78. The lowest BCUT2D eigenvalue weighted by Gasteiger charge is -2.32. The molecular weight excluding hydrogens is 516 g/mol. The molecule has 42 heavy (non-hydrogen) atoms. The van der Waals surface area contributed by atoms with Crippen molar-refractivity contribution in [2.45, 2.75) is 145 Å². The Bertz CT molecular complexity index is 994. The van der Waals surface area contributed by atoms with Crippen LogP contribution < -0.4 is 5.73 Å². The van der Waals surface area contributed by atoms with E-state index in [9.17, 15) is 0 Å². The van der Waals surface area contributed by atoms with Crippen LogP contribution in [0.2, 0.25) is 0 Å². The van der Waals surface area contributed by atoms with Gasteiger partial charge in [-0.25, -0.2) is 4.98 Å². The van der Waals surface area contributed by atoms with Gasteiger partial charge < -0.3 is 19.8 Å². The van der Waals surface area contributed by atoms with Crippen LogP contribution in [0.4, 0.5) is 0 Å². The first-order chi connectivity index (χ1) is 19.0. The van der Waals surface area contributed by atoms with Crippen LogP contribution in [0.1, 0.15) is 126 Å². The second kappa shape index (κ2) is 15.9. The number of piperidine rings is 1. The standard InChI is InChI=1S/C10H17N.C10H21N.C8H14N2.C8H18N2/c1-8-6-7-9(2)11(8)10(3,4)5;1-10(2,3)9-11-7-5-4-6-8-11;1-8(2,3)7-9-5-6-10(7)4;1-8(2,3)10-5-4-7(9)6-10/h6-7H,1-5H3;4-9H2,1-3H3;5-6H,1-4H3;7H,4-6,9H2,1-3H3/t;;;7-/m...0/s1. The van der Waals surface area contributed by atoms with Gasteiger partial charge >= 0.3 is 0 Å². The van der Waals surface area contributed by atoms with Crippen LogP contribution in [-0.2, 0) is 18.0 Å². The molecule has 2 aromatic heterocycles. The highest BCUT2D eigenvalue weighted by molar-refractivity contribution is 5.16. The molecule has 2 aliphatic heterocycles. The molecule has 4 rings (SSSR count). The first-order valence-corrected chi connectivity index (χ1v) is 16.4. The van der Waals surface area contributed by atoms with Crippen molar-refractivity contribution in [2.24, 2.45) is 18.2 Å². The summed E-state index contributed by atoms with van der Waals surface area (Å²) in [6.07, 6.45) is 9.24. The smallest absolute Gasteiger partial charge is 0.113 e. The molecule has 6 nitrogen and oxygen atoms in total. The maximum atomic E-state index is 5.78. The Hall–Kier alpha value is -1.63. The molecule has 244 valence electrons. The molecule has 2 saturated heterocycles. The number of hydrogen-bond donors (Lipinski definition) is 1. The summed E-state index contributed by atoms with van der Waals surface area (Å²) in [6, 6.07) is 4.75. The van der Waals surface area contributed by atoms with Crippen molar-refractivity contribution in [2.75, 3.05) is 32.7 Å². The zero-order valence-electron chi connectivity index (χ0n) is 30.6. The Morgan fingerprint density at radius 3 is 1.57 bits per heavy atom. The Kier molecular flexibility index (Phi) is 14.5. The molecular formula is C36H70N6. The highest BCUT2D eigenvalue weighted by Gasteiger charge is 2.28. The molecule has 0 spiro atoms. The molecule has 0 unspecified atom stereocenters. The Morgan fingerprint density at radius 1 is 0.786 bits per heavy atom. The average molecular weight is 587 g/mol. The molecule has 0 bridgehead atoms. The third-order valence-electron chi connectivity index (χ3n) is 7.75. The van der Waals surface area contributed by atoms with Gasteiger partial charge in [-0.3, -0.25) is 4.90 Å². The maximum Gasteiger partial charge on any atom is 0.113 e. The fourth-order valence-corrected chi connectivity index (χ4v) is 6.00. The molecule has 0 saturated carbocycles. The van der Waals surface area contributed by atoms with Crippen molar-refractivity contribution in [1.82, 2.24) is 23.9 Å². The monoisotopic (exact) mass is 587 g/mol. The highest BCUT2D eigenvalue weighted by atomic mass is 15.2. The molecule has 2 fully saturated rings. The Balaban J connectivity index is 0.000000280. The van der Waals surface area contributed by atoms with Crippen LogP contribution in [-0.4, -0.2) is 68.2 Å². The number of imidazole rings is 1. The van der Waals surface area contributed by atoms with E-state index in [1.54, 1.807) is 0 Å². The first kappa shape index (κ1) is 38.4. The van der Waals surface area contributed by atoms with E-state index in [-0.39, 0.29) is 11.0 Å². The molecule has 2 aromatic rings. The van der Waals surface area contributed by atoms with Gasteiger partial charge in [0.15, 0.2) is 0 Å². The van der Waals surface area contributed by atoms with Crippen molar-refractivity contribution >= 4 is 0 Å². The van der Waals surface area contributed by atoms with Crippen molar-refractivity contribution in [3.63, 3.8) is 0 Å². The number of nitrogens with zero attached hydrogens (tertiary/aromatic N) is 5. The van der Waals surface area contributed by atoms with E-state index >= 15 is 0 Å². The summed E-state index contributed by atoms with van der Waals surface area (Å²) in [7, 11) is 2.02. The normalized spacial score (nSPS) is 18.8. The van der Waals surface area contributed by atoms with Crippen molar-refractivity contribution in [1.29, 1.82) is 0 Å². The van der Waals surface area contributed by atoms with Crippen molar-refractivity contribution < 1.29 is 0 Å². The van der Waals surface area contributed by atoms with E-state index in [2.05, 4.69) is 133 Å². The van der Waals surface area contributed by atoms with Crippen molar-refractivity contribution in [3.05, 3.63) is 41.7 Å². The van der Waals surface area contributed by atoms with Gasteiger partial charge in [-0.1, -0.05) is 48.0 Å². The van der Waals surface area contributed by atoms with Gasteiger partial charge in [0.05, 0.1) is 0 Å². The molecule has 1 atom stereocenters. The van der Waals surface area contributed by atoms with Crippen LogP contribution in [0, 0.1) is 19.3 Å². The largest absolute Gasteiger partial charge is 0.344 e. The second-order valence-corrected chi connectivity index (χ2v) is 16.8. The minimum absolute atomic E-state index is 0.165. The number of aryl methyl sites for hydroxylation is 3. The molecule has 4 heterocycles. The zero-order chi connectivity index (χ0) is 32.5. The van der Waals surface area contributed by atoms with Gasteiger partial charge in [-0.05, 0) is 105 Å². The summed E-state index contributed by atoms with van der Waals surface area (Å²) in [4.78, 5) is 9.29. The fourth-order valence-electron chi connectivity index (χ4n) is 6.00. The summed E-state index contributed by atoms with van der Waals surface area (Å²) in [5.74, 6) is 1.13. The van der Waals surface area contributed by atoms with E-state index < -0.39 is 0 Å². The molecule has 0 aliphatic carbocycles. The lowest BCUT2D eigenvalue weighted by Crippen LogP contribution is -2.40. The van der Waals surface area contributed by atoms with E-state index in [1.165, 1.54) is 56.8 Å². The molecule has 2 N–H and O–H groups in total. The third kappa shape index (κ3) is 14.2. The van der Waals surface area contributed by atoms with E-state index in [4.69, 9.17) is 5.73 Å². The minimum Gasteiger partial charge on any atom is -0.344 e. The van der Waals surface area contributed by atoms with E-state index in [1.807, 2.05) is 19.4 Å². The van der Waals surface area contributed by atoms with Gasteiger partial charge in [0.1, 0.15) is 5.82 Å². The van der Waals surface area contributed by atoms with Gasteiger partial charge in [0.25, 0.3) is 0 Å². The van der Waals surface area contributed by atoms with Crippen molar-refractivity contribution in [3.8, 4) is 0 Å². The molecule has 0 aromatic carbocycles. The number of aromatic nitrogens is 3. The Labute approximate surface area is 261 Å². The lowest BCUT2D eigenvalue weighted by molar-refractivity contribution is 0.164. The van der Waals surface area contributed by atoms with Crippen LogP contribution >= 0.6 is 0 Å². The first-order valence-electron chi connectivity index (χ1n) is 16.4. The van der Waals surface area contributed by atoms with E-state index in [0.29, 0.717) is 17.0 Å². The summed E-state index contributed by atoms with van der Waals surface area (Å²) in [5, 5.41) is 0. The Morgan fingerprint density at radius 2 is 1.31 bits per heavy atom. The van der Waals surface area contributed by atoms with Crippen LogP contribution in [0.3, 0.4) is 0 Å². The number of hydrogen-bond acceptors (Lipinski definition) is 4. The minimum atomic E-state index is 0.165. The van der Waals surface area contributed by atoms with Gasteiger partial charge in [-0.2, -0.15) is 0 Å². The van der Waals surface area contributed by atoms with Crippen LogP contribution in [0.5, 0.6) is 0 Å². The molecule has 6 heteroatoms. The topological polar surface area (TPSA) is 55.2 Å². The summed E-state index contributed by atoms with van der Waals surface area (Å²) < 4.78 is 4.41. The molecule has 2 aliphatic rings. The fraction of sp³-hybridized carbons (Fsp3) is 0.806. The predicted molar refractivity (Wildman–Crippen MR) is 184 cm³/mol. The quantitative estimate of drug-likeness (QED) is 0.369. The SMILES string of the molecule is CC(C)(C)CN1CCCCC1.CC(C)(C)N1CC[C@H](N)C1.Cc1ccc(C)n1C(C)(C)C.Cn1ccnc1C(C)(C)C. The molecule has 0 radical (unpaired) electrons. The molecule has 0 amide bonds. The van der Waals surface area contributed by atoms with E-state index in [0.717, 1.165) is 18.8 Å². The number of rotatable bonds is 1. The van der Waals surface area contributed by atoms with Gasteiger partial charge in [-0.15, -0.1) is 0 Å². The van der Waals surface area contributed by atoms with Crippen LogP contribution in [0.25, 0.3) is 0 Å². The number of nitrogens with two attached hydrogens (primary N) is 1. The lowest BCUT2D eigenvalue weighted by atomic mass is 9.95.